The number of rotatable bonds is 9. The number of carboxylic acids is 1. The average Bonchev–Trinajstić information content (AvgIpc) is 2.23. The van der Waals surface area contributed by atoms with Crippen LogP contribution in [0.2, 0.25) is 0 Å². The molecule has 6 heteroatoms. The van der Waals surface area contributed by atoms with E-state index in [0.29, 0.717) is 12.5 Å². The lowest BCUT2D eigenvalue weighted by atomic mass is 10.2. The van der Waals surface area contributed by atoms with Gasteiger partial charge in [0.15, 0.2) is 6.10 Å². The lowest BCUT2D eigenvalue weighted by Gasteiger charge is -2.09. The summed E-state index contributed by atoms with van der Waals surface area (Å²) in [6, 6.07) is 0.406. The molecule has 0 aromatic rings. The van der Waals surface area contributed by atoms with E-state index in [9.17, 15) is 9.59 Å². The normalized spacial score (nSPS) is 12.5. The quantitative estimate of drug-likeness (QED) is 0.419. The van der Waals surface area contributed by atoms with Crippen LogP contribution in [-0.2, 0) is 9.59 Å². The van der Waals surface area contributed by atoms with Crippen LogP contribution in [0.1, 0.15) is 33.1 Å². The van der Waals surface area contributed by atoms with Crippen LogP contribution in [-0.4, -0.2) is 47.3 Å². The minimum Gasteiger partial charge on any atom is -0.479 e. The first kappa shape index (κ1) is 15.9. The second-order valence-electron chi connectivity index (χ2n) is 4.21. The van der Waals surface area contributed by atoms with Crippen LogP contribution >= 0.6 is 0 Å². The van der Waals surface area contributed by atoms with Gasteiger partial charge >= 0.3 is 5.97 Å². The van der Waals surface area contributed by atoms with E-state index in [0.717, 1.165) is 13.0 Å². The maximum Gasteiger partial charge on any atom is 0.332 e. The summed E-state index contributed by atoms with van der Waals surface area (Å²) in [4.78, 5) is 21.5. The van der Waals surface area contributed by atoms with Gasteiger partial charge in [0.1, 0.15) is 0 Å². The van der Waals surface area contributed by atoms with E-state index in [1.54, 1.807) is 0 Å². The van der Waals surface area contributed by atoms with E-state index in [-0.39, 0.29) is 18.9 Å². The molecule has 4 N–H and O–H groups in total. The van der Waals surface area contributed by atoms with Crippen LogP contribution in [0.5, 0.6) is 0 Å². The van der Waals surface area contributed by atoms with Gasteiger partial charge in [-0.05, 0) is 13.0 Å². The van der Waals surface area contributed by atoms with Crippen molar-refractivity contribution in [3.05, 3.63) is 0 Å². The van der Waals surface area contributed by atoms with Crippen LogP contribution in [0.4, 0.5) is 0 Å². The zero-order valence-electron chi connectivity index (χ0n) is 10.4. The Labute approximate surface area is 101 Å². The predicted molar refractivity (Wildman–Crippen MR) is 63.6 cm³/mol. The maximum atomic E-state index is 11.3. The van der Waals surface area contributed by atoms with Gasteiger partial charge in [0.05, 0.1) is 0 Å². The Morgan fingerprint density at radius 3 is 2.41 bits per heavy atom. The number of aliphatic carboxylic acids is 1. The van der Waals surface area contributed by atoms with E-state index in [2.05, 4.69) is 10.6 Å². The number of nitrogens with one attached hydrogen (secondary N) is 2. The number of hydrogen-bond acceptors (Lipinski definition) is 4. The highest BCUT2D eigenvalue weighted by Gasteiger charge is 2.12. The SMILES string of the molecule is CC(C)NCCCC(=O)NCCC(O)C(=O)O. The molecule has 1 unspecified atom stereocenters. The molecule has 1 atom stereocenters. The summed E-state index contributed by atoms with van der Waals surface area (Å²) < 4.78 is 0. The molecule has 0 aliphatic carbocycles. The standard InChI is InChI=1S/C11H22N2O4/c1-8(2)12-6-3-4-10(15)13-7-5-9(14)11(16)17/h8-9,12,14H,3-7H2,1-2H3,(H,13,15)(H,16,17). The zero-order chi connectivity index (χ0) is 13.3. The Morgan fingerprint density at radius 1 is 1.24 bits per heavy atom. The minimum atomic E-state index is -1.40. The van der Waals surface area contributed by atoms with Crippen molar-refractivity contribution in [3.63, 3.8) is 0 Å². The number of aliphatic hydroxyl groups is 1. The van der Waals surface area contributed by atoms with Crippen molar-refractivity contribution in [1.29, 1.82) is 0 Å². The first-order valence-corrected chi connectivity index (χ1v) is 5.84. The molecule has 0 heterocycles. The summed E-state index contributed by atoms with van der Waals surface area (Å²) in [5.74, 6) is -1.38. The van der Waals surface area contributed by atoms with E-state index in [4.69, 9.17) is 10.2 Å². The molecule has 0 aromatic heterocycles. The number of aliphatic hydroxyl groups excluding tert-OH is 1. The Hall–Kier alpha value is -1.14. The number of hydrogen-bond donors (Lipinski definition) is 4. The largest absolute Gasteiger partial charge is 0.479 e. The number of amides is 1. The summed E-state index contributed by atoms with van der Waals surface area (Å²) in [5.41, 5.74) is 0. The van der Waals surface area contributed by atoms with Crippen LogP contribution in [0.25, 0.3) is 0 Å². The minimum absolute atomic E-state index is 0.0331. The van der Waals surface area contributed by atoms with Crippen molar-refractivity contribution in [1.82, 2.24) is 10.6 Å². The lowest BCUT2D eigenvalue weighted by Crippen LogP contribution is -2.31. The maximum absolute atomic E-state index is 11.3. The van der Waals surface area contributed by atoms with E-state index < -0.39 is 12.1 Å². The van der Waals surface area contributed by atoms with Crippen LogP contribution in [0.15, 0.2) is 0 Å². The summed E-state index contributed by atoms with van der Waals surface area (Å²) in [6.45, 7) is 5.04. The molecule has 0 aliphatic heterocycles. The van der Waals surface area contributed by atoms with E-state index in [1.807, 2.05) is 13.8 Å². The van der Waals surface area contributed by atoms with Crippen molar-refractivity contribution in [2.75, 3.05) is 13.1 Å². The smallest absolute Gasteiger partial charge is 0.332 e. The van der Waals surface area contributed by atoms with E-state index in [1.165, 1.54) is 0 Å². The van der Waals surface area contributed by atoms with Crippen molar-refractivity contribution in [2.24, 2.45) is 0 Å². The monoisotopic (exact) mass is 246 g/mol. The third kappa shape index (κ3) is 9.77. The Bertz CT molecular complexity index is 244. The molecule has 0 saturated heterocycles. The first-order chi connectivity index (χ1) is 7.93. The molecule has 0 saturated carbocycles. The third-order valence-corrected chi connectivity index (χ3v) is 2.16. The molecular formula is C11H22N2O4. The summed E-state index contributed by atoms with van der Waals surface area (Å²) in [6.07, 6.45) is -0.224. The Kier molecular flexibility index (Phi) is 8.35. The highest BCUT2D eigenvalue weighted by atomic mass is 16.4. The second-order valence-corrected chi connectivity index (χ2v) is 4.21. The average molecular weight is 246 g/mol. The summed E-state index contributed by atoms with van der Waals surface area (Å²) >= 11 is 0. The number of carboxylic acid groups (broad SMARTS) is 1. The molecular weight excluding hydrogens is 224 g/mol. The topological polar surface area (TPSA) is 98.7 Å². The van der Waals surface area contributed by atoms with Crippen molar-refractivity contribution in [3.8, 4) is 0 Å². The molecule has 0 spiro atoms. The van der Waals surface area contributed by atoms with E-state index >= 15 is 0 Å². The molecule has 0 bridgehead atoms. The molecule has 100 valence electrons. The fourth-order valence-electron chi connectivity index (χ4n) is 1.20. The van der Waals surface area contributed by atoms with Crippen LogP contribution < -0.4 is 10.6 Å². The Balaban J connectivity index is 3.44. The summed E-state index contributed by atoms with van der Waals surface area (Å²) in [5, 5.41) is 23.1. The molecule has 0 fully saturated rings. The van der Waals surface area contributed by atoms with Gasteiger partial charge in [-0.1, -0.05) is 13.8 Å². The number of carbonyl (C=O) groups is 2. The number of carbonyl (C=O) groups excluding carboxylic acids is 1. The van der Waals surface area contributed by atoms with Gasteiger partial charge in [-0.2, -0.15) is 0 Å². The fraction of sp³-hybridized carbons (Fsp3) is 0.818. The predicted octanol–water partition coefficient (Wildman–Crippen LogP) is -0.284. The van der Waals surface area contributed by atoms with Gasteiger partial charge in [-0.3, -0.25) is 4.79 Å². The van der Waals surface area contributed by atoms with Gasteiger partial charge in [-0.25, -0.2) is 4.79 Å². The molecule has 0 aliphatic rings. The van der Waals surface area contributed by atoms with Gasteiger partial charge in [0, 0.05) is 25.4 Å². The second kappa shape index (κ2) is 8.95. The fourth-order valence-corrected chi connectivity index (χ4v) is 1.20. The molecule has 6 nitrogen and oxygen atoms in total. The zero-order valence-corrected chi connectivity index (χ0v) is 10.4. The highest BCUT2D eigenvalue weighted by Crippen LogP contribution is 1.92. The van der Waals surface area contributed by atoms with Crippen LogP contribution in [0.3, 0.4) is 0 Å². The molecule has 0 aromatic carbocycles. The van der Waals surface area contributed by atoms with Crippen molar-refractivity contribution in [2.45, 2.75) is 45.3 Å². The van der Waals surface area contributed by atoms with Gasteiger partial charge in [0.2, 0.25) is 5.91 Å². The van der Waals surface area contributed by atoms with Crippen molar-refractivity contribution >= 4 is 11.9 Å². The highest BCUT2D eigenvalue weighted by molar-refractivity contribution is 5.76. The van der Waals surface area contributed by atoms with Crippen molar-refractivity contribution < 1.29 is 19.8 Å². The molecule has 17 heavy (non-hydrogen) atoms. The first-order valence-electron chi connectivity index (χ1n) is 5.84. The van der Waals surface area contributed by atoms with Gasteiger partial charge in [-0.15, -0.1) is 0 Å². The molecule has 0 rings (SSSR count). The third-order valence-electron chi connectivity index (χ3n) is 2.16. The Morgan fingerprint density at radius 2 is 1.88 bits per heavy atom. The lowest BCUT2D eigenvalue weighted by molar-refractivity contribution is -0.147. The van der Waals surface area contributed by atoms with Gasteiger partial charge < -0.3 is 20.8 Å². The molecule has 1 amide bonds. The van der Waals surface area contributed by atoms with Crippen LogP contribution in [0, 0.1) is 0 Å². The molecule has 0 radical (unpaired) electrons. The van der Waals surface area contributed by atoms with Gasteiger partial charge in [0.25, 0.3) is 0 Å². The summed E-state index contributed by atoms with van der Waals surface area (Å²) in [7, 11) is 0.